The molecule has 2 heterocycles. The topological polar surface area (TPSA) is 234 Å². The summed E-state index contributed by atoms with van der Waals surface area (Å²) < 4.78 is 84.5. The van der Waals surface area contributed by atoms with Gasteiger partial charge in [0.25, 0.3) is 5.69 Å². The number of esters is 4. The third-order valence-electron chi connectivity index (χ3n) is 10.9. The van der Waals surface area contributed by atoms with Gasteiger partial charge in [-0.05, 0) is 91.6 Å². The zero-order valence-corrected chi connectivity index (χ0v) is 43.4. The molecule has 0 unspecified atom stereocenters. The van der Waals surface area contributed by atoms with Crippen LogP contribution in [0.2, 0.25) is 0 Å². The second kappa shape index (κ2) is 32.4. The summed E-state index contributed by atoms with van der Waals surface area (Å²) in [6, 6.07) is 25.8. The van der Waals surface area contributed by atoms with E-state index in [1.165, 1.54) is 108 Å². The lowest BCUT2D eigenvalue weighted by Crippen LogP contribution is -3.00. The standard InChI is InChI=1S/C28H27F2NO6.C18H19F2NO2.C9H9NO5.2CH4.ClH/c1-16(15-23(33)26-27(37-18(3)32)24(35-4)13-14-31-26)28(34)36-17(2)25(19-5-9-21(29)10-6-19)20-7-11-22(30)12-8-20;1-11(21)18(22)23-12(2)17(13-3-7-15(19)8-4-13)14-5-9-16(20)10-6-14;1-5(11)15-8-6(14-2)3-4-10-7(8)9(12)13;;;/h5-14,16-17,25H,15H2,1-4H3;3-12,17H,21H2,1-2H3;3-4H,1-2H3,(H,12,13);2*1H4;1H/p+1/t16-,17+;11-,12-;;;;/m10..../s1. The Morgan fingerprint density at radius 3 is 1.13 bits per heavy atom. The average molecular weight is 1110 g/mol. The number of aromatic nitrogens is 2. The maximum absolute atomic E-state index is 13.5. The third kappa shape index (κ3) is 19.7. The van der Waals surface area contributed by atoms with Crippen LogP contribution >= 0.6 is 0 Å². The van der Waals surface area contributed by atoms with Crippen molar-refractivity contribution in [2.45, 2.75) is 92.9 Å². The van der Waals surface area contributed by atoms with E-state index in [1.807, 2.05) is 0 Å². The molecule has 78 heavy (non-hydrogen) atoms. The molecule has 4 atom stereocenters. The highest BCUT2D eigenvalue weighted by molar-refractivity contribution is 6.00. The number of hydrogen-bond acceptors (Lipinski definition) is 14. The van der Waals surface area contributed by atoms with Crippen molar-refractivity contribution in [3.05, 3.63) is 178 Å². The molecule has 6 aromatic rings. The first kappa shape index (κ1) is 67.8. The number of Topliss-reactive ketones (excluding diaryl/α,β-unsaturated/α-hetero) is 1. The molecule has 0 aliphatic carbocycles. The molecule has 2 aromatic heterocycles. The Bertz CT molecular complexity index is 2820. The lowest BCUT2D eigenvalue weighted by molar-refractivity contribution is -0.403. The normalized spacial score (nSPS) is 11.8. The fourth-order valence-electron chi connectivity index (χ4n) is 7.37. The van der Waals surface area contributed by atoms with Gasteiger partial charge in [-0.2, -0.15) is 0 Å². The lowest BCUT2D eigenvalue weighted by Gasteiger charge is -2.26. The Morgan fingerprint density at radius 1 is 0.526 bits per heavy atom. The number of carbonyl (C=O) groups excluding carboxylic acids is 6. The van der Waals surface area contributed by atoms with Crippen molar-refractivity contribution in [2.24, 2.45) is 5.92 Å². The molecule has 0 aliphatic rings. The monoisotopic (exact) mass is 1110 g/mol. The molecule has 16 nitrogen and oxygen atoms in total. The molecule has 21 heteroatoms. The van der Waals surface area contributed by atoms with Crippen LogP contribution < -0.4 is 37.1 Å². The van der Waals surface area contributed by atoms with E-state index in [9.17, 15) is 46.3 Å². The summed E-state index contributed by atoms with van der Waals surface area (Å²) in [5.41, 5.74) is 6.17. The molecule has 0 spiro atoms. The Morgan fingerprint density at radius 2 is 0.833 bits per heavy atom. The highest BCUT2D eigenvalue weighted by Crippen LogP contribution is 2.34. The van der Waals surface area contributed by atoms with Crippen molar-refractivity contribution in [3.63, 3.8) is 0 Å². The number of ketones is 1. The minimum Gasteiger partial charge on any atom is -1.00 e. The van der Waals surface area contributed by atoms with Gasteiger partial charge in [0.2, 0.25) is 11.5 Å². The first-order valence-corrected chi connectivity index (χ1v) is 23.0. The van der Waals surface area contributed by atoms with Crippen LogP contribution in [0.3, 0.4) is 0 Å². The molecule has 0 bridgehead atoms. The lowest BCUT2D eigenvalue weighted by atomic mass is 9.87. The first-order valence-electron chi connectivity index (χ1n) is 23.0. The Hall–Kier alpha value is -8.23. The maximum Gasteiger partial charge on any atom is 0.571 e. The zero-order chi connectivity index (χ0) is 55.5. The molecule has 5 N–H and O–H groups in total. The van der Waals surface area contributed by atoms with Crippen molar-refractivity contribution in [2.75, 3.05) is 14.2 Å². The van der Waals surface area contributed by atoms with Crippen LogP contribution in [-0.4, -0.2) is 83.2 Å². The second-order valence-corrected chi connectivity index (χ2v) is 16.8. The number of nitrogens with zero attached hydrogens (tertiary/aromatic N) is 2. The summed E-state index contributed by atoms with van der Waals surface area (Å²) in [4.78, 5) is 78.6. The highest BCUT2D eigenvalue weighted by atomic mass is 35.5. The molecule has 0 amide bonds. The van der Waals surface area contributed by atoms with E-state index in [-0.39, 0.29) is 85.6 Å². The number of hydrogen-bond donors (Lipinski definition) is 1. The molecule has 6 rings (SSSR count). The van der Waals surface area contributed by atoms with Gasteiger partial charge in [0.05, 0.1) is 24.9 Å². The summed E-state index contributed by atoms with van der Waals surface area (Å²) >= 11 is 0. The van der Waals surface area contributed by atoms with Gasteiger partial charge in [-0.15, -0.1) is 0 Å². The van der Waals surface area contributed by atoms with Gasteiger partial charge in [-0.25, -0.2) is 32.3 Å². The van der Waals surface area contributed by atoms with Crippen molar-refractivity contribution in [1.82, 2.24) is 9.97 Å². The predicted octanol–water partition coefficient (Wildman–Crippen LogP) is 6.08. The van der Waals surface area contributed by atoms with Crippen LogP contribution in [0.15, 0.2) is 122 Å². The second-order valence-electron chi connectivity index (χ2n) is 16.8. The minimum absolute atomic E-state index is 0. The quantitative estimate of drug-likeness (QED) is 0.0445. The van der Waals surface area contributed by atoms with Gasteiger partial charge < -0.3 is 51.7 Å². The number of quaternary nitrogens is 1. The molecule has 0 saturated heterocycles. The van der Waals surface area contributed by atoms with Crippen LogP contribution in [0.5, 0.6) is 23.0 Å². The largest absolute Gasteiger partial charge is 1.00 e. The van der Waals surface area contributed by atoms with E-state index in [4.69, 9.17) is 33.5 Å². The Kier molecular flexibility index (Phi) is 28.1. The molecule has 4 aromatic carbocycles. The molecule has 420 valence electrons. The number of ether oxygens (including phenoxy) is 6. The van der Waals surface area contributed by atoms with Crippen molar-refractivity contribution < 1.29 is 98.0 Å². The zero-order valence-electron chi connectivity index (χ0n) is 42.6. The fourth-order valence-corrected chi connectivity index (χ4v) is 7.37. The van der Waals surface area contributed by atoms with Crippen molar-refractivity contribution in [1.29, 1.82) is 0 Å². The molecule has 0 saturated carbocycles. The molecular formula is C57H65ClF4N3O13+. The van der Waals surface area contributed by atoms with E-state index >= 15 is 0 Å². The molecule has 0 aliphatic heterocycles. The van der Waals surface area contributed by atoms with Gasteiger partial charge in [0.1, 0.15) is 35.5 Å². The van der Waals surface area contributed by atoms with Crippen LogP contribution in [0.25, 0.3) is 0 Å². The summed E-state index contributed by atoms with van der Waals surface area (Å²) in [6.07, 6.45) is 1.14. The van der Waals surface area contributed by atoms with Gasteiger partial charge in [-0.1, -0.05) is 70.3 Å². The van der Waals surface area contributed by atoms with Crippen molar-refractivity contribution in [3.8, 4) is 23.0 Å². The van der Waals surface area contributed by atoms with Crippen LogP contribution in [0.4, 0.5) is 17.6 Å². The summed E-state index contributed by atoms with van der Waals surface area (Å²) in [5, 5.41) is 6.93. The number of halogens is 5. The van der Waals surface area contributed by atoms with Gasteiger partial charge >= 0.3 is 29.8 Å². The third-order valence-corrected chi connectivity index (χ3v) is 10.9. The molecule has 0 radical (unpaired) electrons. The molecular weight excluding hydrogens is 1050 g/mol. The number of pyridine rings is 2. The summed E-state index contributed by atoms with van der Waals surface area (Å²) in [7, 11) is 2.72. The van der Waals surface area contributed by atoms with E-state index in [0.29, 0.717) is 11.1 Å². The Balaban J connectivity index is 0.000000634. The van der Waals surface area contributed by atoms with E-state index in [0.717, 1.165) is 11.1 Å². The minimum atomic E-state index is -1.04. The SMILES string of the molecule is C.C.COc1ccnc(C(=O)C[C@@H](C)C(=O)O[C@@H](C)C(c2ccc(F)cc2)c2ccc(F)cc2)c1OC(C)=O.COc1ccnc(C(=O)[OH2+])c1OC(C)=O.C[C@H]([NH3+])C(=O)O[C@@H](C)C(c1ccc(F)cc1)c1ccc(F)cc1.[Cl-]. The summed E-state index contributed by atoms with van der Waals surface area (Å²) in [6.45, 7) is 8.98. The fraction of sp³-hybridized carbons (Fsp3) is 0.298. The number of carbonyl (C=O) groups is 6. The van der Waals surface area contributed by atoms with Crippen LogP contribution in [0, 0.1) is 29.2 Å². The van der Waals surface area contributed by atoms with Gasteiger partial charge in [0.15, 0.2) is 29.0 Å². The smallest absolute Gasteiger partial charge is 0.571 e. The first-order chi connectivity index (χ1) is 35.5. The van der Waals surface area contributed by atoms with Gasteiger partial charge in [0, 0.05) is 56.6 Å². The van der Waals surface area contributed by atoms with Crippen LogP contribution in [-0.2, 0) is 28.7 Å². The summed E-state index contributed by atoms with van der Waals surface area (Å²) in [5.74, 6) is -7.02. The number of benzene rings is 4. The van der Waals surface area contributed by atoms with Gasteiger partial charge in [-0.3, -0.25) is 19.2 Å². The van der Waals surface area contributed by atoms with E-state index in [1.54, 1.807) is 69.3 Å². The molecule has 0 fully saturated rings. The van der Waals surface area contributed by atoms with E-state index < -0.39 is 77.3 Å². The number of methoxy groups -OCH3 is 2. The number of rotatable bonds is 18. The predicted molar refractivity (Wildman–Crippen MR) is 276 cm³/mol. The Labute approximate surface area is 456 Å². The average Bonchev–Trinajstić information content (AvgIpc) is 3.36. The van der Waals surface area contributed by atoms with Crippen molar-refractivity contribution >= 4 is 35.6 Å². The maximum atomic E-state index is 13.5. The van der Waals surface area contributed by atoms with E-state index in [2.05, 4.69) is 15.7 Å². The highest BCUT2D eigenvalue weighted by Gasteiger charge is 2.31. The van der Waals surface area contributed by atoms with Crippen LogP contribution in [0.1, 0.15) is 118 Å².